The summed E-state index contributed by atoms with van der Waals surface area (Å²) in [5.41, 5.74) is 2.68. The van der Waals surface area contributed by atoms with Crippen LogP contribution in [0.1, 0.15) is 38.2 Å². The van der Waals surface area contributed by atoms with E-state index in [1.165, 1.54) is 21.3 Å². The van der Waals surface area contributed by atoms with Crippen LogP contribution in [0.3, 0.4) is 0 Å². The highest BCUT2D eigenvalue weighted by molar-refractivity contribution is 5.96. The lowest BCUT2D eigenvalue weighted by Crippen LogP contribution is -2.40. The summed E-state index contributed by atoms with van der Waals surface area (Å²) < 4.78 is 21.7. The zero-order chi connectivity index (χ0) is 21.1. The first kappa shape index (κ1) is 20.8. The summed E-state index contributed by atoms with van der Waals surface area (Å²) in [5, 5.41) is 3.25. The summed E-state index contributed by atoms with van der Waals surface area (Å²) in [6.45, 7) is 3.84. The first-order valence-electron chi connectivity index (χ1n) is 9.64. The Morgan fingerprint density at radius 1 is 1.10 bits per heavy atom. The summed E-state index contributed by atoms with van der Waals surface area (Å²) in [5.74, 6) is 0.0383. The molecule has 1 aliphatic heterocycles. The number of hydrogen-bond donors (Lipinski definition) is 1. The molecule has 7 nitrogen and oxygen atoms in total. The highest BCUT2D eigenvalue weighted by Crippen LogP contribution is 2.48. The predicted molar refractivity (Wildman–Crippen MR) is 107 cm³/mol. The molecule has 29 heavy (non-hydrogen) atoms. The molecule has 1 aromatic carbocycles. The zero-order valence-corrected chi connectivity index (χ0v) is 17.5. The average Bonchev–Trinajstić information content (AvgIpc) is 2.71. The Hall–Kier alpha value is -2.96. The highest BCUT2D eigenvalue weighted by Gasteiger charge is 2.43. The third-order valence-corrected chi connectivity index (χ3v) is 5.36. The van der Waals surface area contributed by atoms with Crippen LogP contribution >= 0.6 is 0 Å². The van der Waals surface area contributed by atoms with Crippen molar-refractivity contribution in [1.82, 2.24) is 5.32 Å². The van der Waals surface area contributed by atoms with Crippen molar-refractivity contribution in [2.45, 2.75) is 32.6 Å². The maximum Gasteiger partial charge on any atom is 0.336 e. The van der Waals surface area contributed by atoms with Gasteiger partial charge in [-0.3, -0.25) is 4.79 Å². The summed E-state index contributed by atoms with van der Waals surface area (Å²) >= 11 is 0. The predicted octanol–water partition coefficient (Wildman–Crippen LogP) is 3.10. The Labute approximate surface area is 170 Å². The molecule has 2 unspecified atom stereocenters. The quantitative estimate of drug-likeness (QED) is 0.734. The number of carbonyl (C=O) groups excluding carboxylic acids is 2. The lowest BCUT2D eigenvalue weighted by atomic mass is 9.71. The molecule has 2 aliphatic rings. The van der Waals surface area contributed by atoms with Gasteiger partial charge in [0.1, 0.15) is 5.78 Å². The molecule has 1 aromatic rings. The van der Waals surface area contributed by atoms with Gasteiger partial charge in [0.25, 0.3) is 0 Å². The molecule has 1 N–H and O–H groups in total. The van der Waals surface area contributed by atoms with Crippen LogP contribution in [0.15, 0.2) is 35.2 Å². The van der Waals surface area contributed by atoms with Crippen molar-refractivity contribution in [3.05, 3.63) is 40.7 Å². The van der Waals surface area contributed by atoms with E-state index in [0.717, 1.165) is 11.3 Å². The number of fused-ring (bicyclic) bond motifs is 1. The molecule has 0 amide bonds. The van der Waals surface area contributed by atoms with Gasteiger partial charge >= 0.3 is 5.97 Å². The Morgan fingerprint density at radius 2 is 1.76 bits per heavy atom. The van der Waals surface area contributed by atoms with Crippen LogP contribution < -0.4 is 19.5 Å². The third-order valence-electron chi connectivity index (χ3n) is 5.36. The Morgan fingerprint density at radius 3 is 2.31 bits per heavy atom. The number of benzene rings is 1. The number of nitrogens with one attached hydrogen (secondary N) is 1. The summed E-state index contributed by atoms with van der Waals surface area (Å²) in [6.07, 6.45) is 3.15. The Bertz CT molecular complexity index is 860. The van der Waals surface area contributed by atoms with Gasteiger partial charge in [0.2, 0.25) is 5.75 Å². The van der Waals surface area contributed by atoms with Crippen molar-refractivity contribution in [2.24, 2.45) is 5.92 Å². The second-order valence-electron chi connectivity index (χ2n) is 6.96. The Kier molecular flexibility index (Phi) is 6.15. The molecule has 0 aromatic heterocycles. The lowest BCUT2D eigenvalue weighted by molar-refractivity contribution is -0.139. The fraction of sp³-hybridized carbons (Fsp3) is 0.455. The topological polar surface area (TPSA) is 83.1 Å². The first-order valence-corrected chi connectivity index (χ1v) is 9.64. The number of methoxy groups -OCH3 is 3. The van der Waals surface area contributed by atoms with E-state index < -0.39 is 17.8 Å². The highest BCUT2D eigenvalue weighted by atomic mass is 16.5. The molecule has 7 heteroatoms. The van der Waals surface area contributed by atoms with Gasteiger partial charge in [0, 0.05) is 23.7 Å². The van der Waals surface area contributed by atoms with Gasteiger partial charge in [-0.25, -0.2) is 4.79 Å². The maximum absolute atomic E-state index is 12.9. The van der Waals surface area contributed by atoms with Gasteiger partial charge in [0.05, 0.1) is 39.4 Å². The number of hydrogen-bond acceptors (Lipinski definition) is 7. The molecule has 0 saturated carbocycles. The molecule has 156 valence electrons. The van der Waals surface area contributed by atoms with Gasteiger partial charge < -0.3 is 24.3 Å². The molecule has 2 atom stereocenters. The van der Waals surface area contributed by atoms with Crippen LogP contribution in [0.5, 0.6) is 17.2 Å². The summed E-state index contributed by atoms with van der Waals surface area (Å²) in [7, 11) is 4.60. The van der Waals surface area contributed by atoms with E-state index in [1.807, 2.05) is 13.0 Å². The smallest absolute Gasteiger partial charge is 0.336 e. The number of ketones is 1. The minimum atomic E-state index is -0.511. The van der Waals surface area contributed by atoms with E-state index in [4.69, 9.17) is 18.9 Å². The minimum Gasteiger partial charge on any atom is -0.493 e. The number of carbonyl (C=O) groups is 2. The van der Waals surface area contributed by atoms with Crippen LogP contribution in [-0.4, -0.2) is 39.7 Å². The Balaban J connectivity index is 2.24. The average molecular weight is 401 g/mol. The maximum atomic E-state index is 12.9. The molecule has 3 rings (SSSR count). The van der Waals surface area contributed by atoms with Gasteiger partial charge in [-0.15, -0.1) is 0 Å². The second-order valence-corrected chi connectivity index (χ2v) is 6.96. The zero-order valence-electron chi connectivity index (χ0n) is 17.5. The second kappa shape index (κ2) is 8.59. The molecular weight excluding hydrogens is 374 g/mol. The molecule has 0 fully saturated rings. The van der Waals surface area contributed by atoms with Crippen LogP contribution in [-0.2, 0) is 14.3 Å². The molecule has 0 radical (unpaired) electrons. The molecule has 0 bridgehead atoms. The lowest BCUT2D eigenvalue weighted by Gasteiger charge is -2.38. The van der Waals surface area contributed by atoms with Crippen LogP contribution in [0.4, 0.5) is 0 Å². The van der Waals surface area contributed by atoms with Crippen LogP contribution in [0.2, 0.25) is 0 Å². The molecular formula is C22H27NO6. The van der Waals surface area contributed by atoms with Crippen molar-refractivity contribution in [3.63, 3.8) is 0 Å². The SMILES string of the molecule is CCOC(=O)C1=C(C)NC2=CCCC(=O)C2C1c1cc(OC)c(OC)c(OC)c1. The fourth-order valence-electron chi connectivity index (χ4n) is 4.13. The number of rotatable bonds is 6. The minimum absolute atomic E-state index is 0.0862. The van der Waals surface area contributed by atoms with Crippen molar-refractivity contribution in [1.29, 1.82) is 0 Å². The third kappa shape index (κ3) is 3.69. The number of esters is 1. The van der Waals surface area contributed by atoms with Crippen LogP contribution in [0, 0.1) is 5.92 Å². The van der Waals surface area contributed by atoms with Crippen molar-refractivity contribution >= 4 is 11.8 Å². The first-order chi connectivity index (χ1) is 14.0. The fourth-order valence-corrected chi connectivity index (χ4v) is 4.13. The normalized spacial score (nSPS) is 21.0. The standard InChI is InChI=1S/C22H27NO6/c1-6-29-22(25)18-12(2)23-14-8-7-9-15(24)20(14)19(18)13-10-16(26-3)21(28-5)17(11-13)27-4/h8,10-11,19-20,23H,6-7,9H2,1-5H3. The van der Waals surface area contributed by atoms with Crippen molar-refractivity contribution < 1.29 is 28.5 Å². The van der Waals surface area contributed by atoms with Crippen LogP contribution in [0.25, 0.3) is 0 Å². The van der Waals surface area contributed by atoms with E-state index in [0.29, 0.717) is 41.4 Å². The molecule has 1 aliphatic carbocycles. The summed E-state index contributed by atoms with van der Waals surface area (Å²) in [4.78, 5) is 25.8. The van der Waals surface area contributed by atoms with E-state index >= 15 is 0 Å². The van der Waals surface area contributed by atoms with Crippen molar-refractivity contribution in [2.75, 3.05) is 27.9 Å². The van der Waals surface area contributed by atoms with E-state index in [-0.39, 0.29) is 12.4 Å². The van der Waals surface area contributed by atoms with Gasteiger partial charge in [-0.1, -0.05) is 6.08 Å². The van der Waals surface area contributed by atoms with E-state index in [9.17, 15) is 9.59 Å². The van der Waals surface area contributed by atoms with Crippen molar-refractivity contribution in [3.8, 4) is 17.2 Å². The van der Waals surface area contributed by atoms with Gasteiger partial charge in [0.15, 0.2) is 11.5 Å². The molecule has 0 spiro atoms. The molecule has 0 saturated heterocycles. The van der Waals surface area contributed by atoms with E-state index in [1.54, 1.807) is 19.1 Å². The summed E-state index contributed by atoms with van der Waals surface area (Å²) in [6, 6.07) is 3.59. The van der Waals surface area contributed by atoms with E-state index in [2.05, 4.69) is 5.32 Å². The van der Waals surface area contributed by atoms with Gasteiger partial charge in [-0.05, 0) is 38.0 Å². The largest absolute Gasteiger partial charge is 0.493 e. The number of Topliss-reactive ketones (excluding diaryl/α,β-unsaturated/α-hetero) is 1. The molecule has 1 heterocycles. The monoisotopic (exact) mass is 401 g/mol. The number of allylic oxidation sites excluding steroid dienone is 3. The van der Waals surface area contributed by atoms with Gasteiger partial charge in [-0.2, -0.15) is 0 Å². The number of ether oxygens (including phenoxy) is 4.